The number of hydrazine groups is 1. The second kappa shape index (κ2) is 4.60. The zero-order valence-electron chi connectivity index (χ0n) is 10.0. The van der Waals surface area contributed by atoms with E-state index in [0.717, 1.165) is 12.1 Å². The van der Waals surface area contributed by atoms with Crippen molar-refractivity contribution in [2.24, 2.45) is 0 Å². The Morgan fingerprint density at radius 1 is 1.21 bits per heavy atom. The molecule has 1 saturated heterocycles. The Bertz CT molecular complexity index is 581. The topological polar surface area (TPSA) is 67.9 Å². The van der Waals surface area contributed by atoms with Gasteiger partial charge in [-0.2, -0.15) is 5.10 Å². The van der Waals surface area contributed by atoms with E-state index >= 15 is 0 Å². The number of benzene rings is 1. The summed E-state index contributed by atoms with van der Waals surface area (Å²) in [5, 5.41) is 4.15. The molecule has 1 fully saturated rings. The van der Waals surface area contributed by atoms with E-state index in [1.165, 1.54) is 6.20 Å². The summed E-state index contributed by atoms with van der Waals surface area (Å²) in [5.74, 6) is -1.36. The molecular formula is C12H13F2N5. The number of anilines is 1. The van der Waals surface area contributed by atoms with E-state index in [4.69, 9.17) is 5.73 Å². The number of aromatic nitrogens is 2. The Hall–Kier alpha value is -1.99. The first-order valence-electron chi connectivity index (χ1n) is 5.90. The van der Waals surface area contributed by atoms with Gasteiger partial charge in [0.1, 0.15) is 11.6 Å². The molecule has 2 aromatic rings. The lowest BCUT2D eigenvalue weighted by Gasteiger charge is -2.07. The molecule has 0 amide bonds. The summed E-state index contributed by atoms with van der Waals surface area (Å²) in [6.07, 6.45) is 3.09. The van der Waals surface area contributed by atoms with E-state index in [1.807, 2.05) is 0 Å². The maximum Gasteiger partial charge on any atom is 0.136 e. The van der Waals surface area contributed by atoms with Gasteiger partial charge in [-0.25, -0.2) is 8.78 Å². The van der Waals surface area contributed by atoms with Gasteiger partial charge < -0.3 is 5.73 Å². The van der Waals surface area contributed by atoms with Crippen LogP contribution in [0.3, 0.4) is 0 Å². The summed E-state index contributed by atoms with van der Waals surface area (Å²) in [7, 11) is 0. The molecule has 3 rings (SSSR count). The van der Waals surface area contributed by atoms with E-state index in [1.54, 1.807) is 10.9 Å². The monoisotopic (exact) mass is 265 g/mol. The highest BCUT2D eigenvalue weighted by Crippen LogP contribution is 2.28. The van der Waals surface area contributed by atoms with Crippen LogP contribution in [0.4, 0.5) is 14.5 Å². The fourth-order valence-corrected chi connectivity index (χ4v) is 2.17. The third kappa shape index (κ3) is 2.18. The van der Waals surface area contributed by atoms with Crippen LogP contribution >= 0.6 is 0 Å². The molecule has 0 unspecified atom stereocenters. The molecule has 2 heterocycles. The van der Waals surface area contributed by atoms with Crippen LogP contribution in [0.15, 0.2) is 24.5 Å². The van der Waals surface area contributed by atoms with Gasteiger partial charge in [0.2, 0.25) is 0 Å². The Morgan fingerprint density at radius 3 is 2.47 bits per heavy atom. The van der Waals surface area contributed by atoms with Crippen LogP contribution in [-0.4, -0.2) is 22.9 Å². The highest BCUT2D eigenvalue weighted by atomic mass is 19.1. The Kier molecular flexibility index (Phi) is 2.92. The van der Waals surface area contributed by atoms with E-state index in [-0.39, 0.29) is 17.3 Å². The van der Waals surface area contributed by atoms with Gasteiger partial charge >= 0.3 is 0 Å². The fraction of sp³-hybridized carbons (Fsp3) is 0.250. The average molecular weight is 265 g/mol. The van der Waals surface area contributed by atoms with Crippen molar-refractivity contribution < 1.29 is 8.78 Å². The minimum atomic E-state index is -0.681. The molecule has 1 aliphatic rings. The van der Waals surface area contributed by atoms with Crippen LogP contribution in [0.5, 0.6) is 0 Å². The Balaban J connectivity index is 1.98. The lowest BCUT2D eigenvalue weighted by Crippen LogP contribution is -2.21. The van der Waals surface area contributed by atoms with E-state index in [0.29, 0.717) is 18.7 Å². The average Bonchev–Trinajstić information content (AvgIpc) is 2.97. The van der Waals surface area contributed by atoms with Gasteiger partial charge in [0.15, 0.2) is 0 Å². The molecule has 0 atom stereocenters. The largest absolute Gasteiger partial charge is 0.399 e. The van der Waals surface area contributed by atoms with E-state index in [2.05, 4.69) is 16.0 Å². The van der Waals surface area contributed by atoms with Crippen LogP contribution in [0.1, 0.15) is 6.04 Å². The summed E-state index contributed by atoms with van der Waals surface area (Å²) in [4.78, 5) is 0. The van der Waals surface area contributed by atoms with Gasteiger partial charge in [-0.05, 0) is 12.1 Å². The summed E-state index contributed by atoms with van der Waals surface area (Å²) in [5.41, 5.74) is 11.7. The minimum Gasteiger partial charge on any atom is -0.399 e. The van der Waals surface area contributed by atoms with Crippen molar-refractivity contribution >= 4 is 5.69 Å². The predicted octanol–water partition coefficient (Wildman–Crippen LogP) is 1.06. The Morgan fingerprint density at radius 2 is 1.84 bits per heavy atom. The van der Waals surface area contributed by atoms with Crippen molar-refractivity contribution in [2.75, 3.05) is 18.8 Å². The highest BCUT2D eigenvalue weighted by molar-refractivity contribution is 5.66. The third-order valence-corrected chi connectivity index (χ3v) is 3.13. The van der Waals surface area contributed by atoms with Crippen molar-refractivity contribution in [2.45, 2.75) is 6.04 Å². The first-order chi connectivity index (χ1) is 9.15. The summed E-state index contributed by atoms with van der Waals surface area (Å²) >= 11 is 0. The van der Waals surface area contributed by atoms with Crippen molar-refractivity contribution in [1.82, 2.24) is 20.6 Å². The molecule has 1 aromatic heterocycles. The first-order valence-corrected chi connectivity index (χ1v) is 5.90. The van der Waals surface area contributed by atoms with Gasteiger partial charge in [-0.3, -0.25) is 15.5 Å². The lowest BCUT2D eigenvalue weighted by atomic mass is 10.1. The molecule has 0 spiro atoms. The molecule has 0 radical (unpaired) electrons. The number of nitrogens with one attached hydrogen (secondary N) is 2. The number of hydrogen-bond donors (Lipinski definition) is 3. The van der Waals surface area contributed by atoms with Gasteiger partial charge in [-0.1, -0.05) is 0 Å². The number of hydrogen-bond acceptors (Lipinski definition) is 4. The normalized spacial score (nSPS) is 16.1. The van der Waals surface area contributed by atoms with Crippen molar-refractivity contribution in [3.8, 4) is 11.1 Å². The highest BCUT2D eigenvalue weighted by Gasteiger charge is 2.19. The van der Waals surface area contributed by atoms with Gasteiger partial charge in [0.25, 0.3) is 0 Å². The lowest BCUT2D eigenvalue weighted by molar-refractivity contribution is 0.510. The second-order valence-electron chi connectivity index (χ2n) is 4.48. The zero-order valence-corrected chi connectivity index (χ0v) is 10.0. The smallest absolute Gasteiger partial charge is 0.136 e. The van der Waals surface area contributed by atoms with Crippen LogP contribution in [0.2, 0.25) is 0 Å². The molecule has 4 N–H and O–H groups in total. The van der Waals surface area contributed by atoms with Crippen molar-refractivity contribution in [3.63, 3.8) is 0 Å². The SMILES string of the molecule is Nc1cc(F)c(-c2cnn(C3CNNC3)c2)c(F)c1. The predicted molar refractivity (Wildman–Crippen MR) is 67.0 cm³/mol. The third-order valence-electron chi connectivity index (χ3n) is 3.13. The number of rotatable bonds is 2. The number of nitrogens with two attached hydrogens (primary N) is 1. The van der Waals surface area contributed by atoms with E-state index in [9.17, 15) is 8.78 Å². The molecule has 0 aliphatic carbocycles. The maximum atomic E-state index is 13.8. The molecule has 7 heteroatoms. The molecule has 1 aliphatic heterocycles. The van der Waals surface area contributed by atoms with Crippen LogP contribution in [0.25, 0.3) is 11.1 Å². The summed E-state index contributed by atoms with van der Waals surface area (Å²) < 4.78 is 29.3. The summed E-state index contributed by atoms with van der Waals surface area (Å²) in [6.45, 7) is 1.43. The second-order valence-corrected chi connectivity index (χ2v) is 4.48. The molecule has 1 aromatic carbocycles. The molecule has 100 valence electrons. The molecule has 19 heavy (non-hydrogen) atoms. The van der Waals surface area contributed by atoms with Crippen molar-refractivity contribution in [3.05, 3.63) is 36.2 Å². The quantitative estimate of drug-likeness (QED) is 0.710. The van der Waals surface area contributed by atoms with Gasteiger partial charge in [-0.15, -0.1) is 0 Å². The van der Waals surface area contributed by atoms with E-state index < -0.39 is 11.6 Å². The molecule has 5 nitrogen and oxygen atoms in total. The molecule has 0 bridgehead atoms. The number of nitrogen functional groups attached to an aromatic ring is 1. The number of nitrogens with zero attached hydrogens (tertiary/aromatic N) is 2. The Labute approximate surface area is 108 Å². The van der Waals surface area contributed by atoms with Gasteiger partial charge in [0.05, 0.1) is 17.8 Å². The van der Waals surface area contributed by atoms with Crippen LogP contribution in [0, 0.1) is 11.6 Å². The standard InChI is InChI=1S/C12H13F2N5/c13-10-1-8(15)2-11(14)12(10)7-3-18-19(6-7)9-4-16-17-5-9/h1-3,6,9,16-17H,4-5,15H2. The maximum absolute atomic E-state index is 13.8. The van der Waals surface area contributed by atoms with Crippen LogP contribution in [-0.2, 0) is 0 Å². The number of halogens is 2. The molecular weight excluding hydrogens is 252 g/mol. The van der Waals surface area contributed by atoms with Gasteiger partial charge in [0, 0.05) is 30.5 Å². The summed E-state index contributed by atoms with van der Waals surface area (Å²) in [6, 6.07) is 2.34. The van der Waals surface area contributed by atoms with Crippen LogP contribution < -0.4 is 16.6 Å². The zero-order chi connectivity index (χ0) is 13.4. The minimum absolute atomic E-state index is 0.0651. The first kappa shape index (κ1) is 12.1. The fourth-order valence-electron chi connectivity index (χ4n) is 2.17. The molecule has 0 saturated carbocycles. The van der Waals surface area contributed by atoms with Crippen molar-refractivity contribution in [1.29, 1.82) is 0 Å².